The third-order valence-corrected chi connectivity index (χ3v) is 3.71. The second-order valence-corrected chi connectivity index (χ2v) is 5.86. The molecule has 0 fully saturated rings. The molecule has 2 rings (SSSR count). The molecule has 0 saturated carbocycles. The van der Waals surface area contributed by atoms with Crippen LogP contribution in [0.25, 0.3) is 0 Å². The molecule has 0 unspecified atom stereocenters. The normalized spacial score (nSPS) is 10.4. The van der Waals surface area contributed by atoms with Crippen molar-refractivity contribution in [3.8, 4) is 5.75 Å². The molecule has 2 aromatic rings. The molecule has 0 bridgehead atoms. The Hall–Kier alpha value is -1.52. The van der Waals surface area contributed by atoms with E-state index in [9.17, 15) is 9.90 Å². The highest BCUT2D eigenvalue weighted by Gasteiger charge is 2.19. The van der Waals surface area contributed by atoms with Crippen LogP contribution in [0.2, 0.25) is 0 Å². The van der Waals surface area contributed by atoms with E-state index >= 15 is 0 Å². The second-order valence-electron chi connectivity index (χ2n) is 4.56. The van der Waals surface area contributed by atoms with E-state index in [1.165, 1.54) is 6.07 Å². The monoisotopic (exact) mass is 367 g/mol. The summed E-state index contributed by atoms with van der Waals surface area (Å²) in [5.74, 6) is 0.0714. The van der Waals surface area contributed by atoms with Crippen LogP contribution in [0.4, 0.5) is 0 Å². The third kappa shape index (κ3) is 4.22. The van der Waals surface area contributed by atoms with Crippen molar-refractivity contribution in [3.63, 3.8) is 0 Å². The lowest BCUT2D eigenvalue weighted by Crippen LogP contribution is -2.32. The number of phenolic OH excluding ortho intramolecular Hbond substituents is 1. The number of rotatable bonds is 5. The summed E-state index contributed by atoms with van der Waals surface area (Å²) in [6.45, 7) is 0.882. The second kappa shape index (κ2) is 7.48. The minimum Gasteiger partial charge on any atom is -0.507 e. The van der Waals surface area contributed by atoms with Gasteiger partial charge in [0.05, 0.1) is 5.56 Å². The van der Waals surface area contributed by atoms with E-state index in [-0.39, 0.29) is 17.2 Å². The van der Waals surface area contributed by atoms with Crippen LogP contribution < -0.4 is 0 Å². The van der Waals surface area contributed by atoms with Crippen molar-refractivity contribution in [1.29, 1.82) is 0 Å². The summed E-state index contributed by atoms with van der Waals surface area (Å²) in [5, 5.41) is 9.93. The number of aromatic hydroxyl groups is 1. The summed E-state index contributed by atoms with van der Waals surface area (Å²) in [4.78, 5) is 14.2. The van der Waals surface area contributed by atoms with Gasteiger partial charge in [0.2, 0.25) is 0 Å². The van der Waals surface area contributed by atoms with Crippen molar-refractivity contribution in [2.75, 3.05) is 12.4 Å². The maximum atomic E-state index is 12.6. The van der Waals surface area contributed by atoms with E-state index in [1.807, 2.05) is 30.3 Å². The topological polar surface area (TPSA) is 40.5 Å². The van der Waals surface area contributed by atoms with E-state index in [4.69, 9.17) is 11.6 Å². The summed E-state index contributed by atoms with van der Waals surface area (Å²) in [7, 11) is 0. The summed E-state index contributed by atoms with van der Waals surface area (Å²) in [6.07, 6.45) is 0. The number of alkyl halides is 1. The van der Waals surface area contributed by atoms with Crippen molar-refractivity contribution in [2.45, 2.75) is 6.54 Å². The molecule has 110 valence electrons. The lowest BCUT2D eigenvalue weighted by atomic mass is 10.1. The van der Waals surface area contributed by atoms with Crippen LogP contribution in [0.5, 0.6) is 5.75 Å². The number of hydrogen-bond donors (Lipinski definition) is 1. The Morgan fingerprint density at radius 2 is 1.90 bits per heavy atom. The van der Waals surface area contributed by atoms with Gasteiger partial charge < -0.3 is 10.0 Å². The van der Waals surface area contributed by atoms with Crippen LogP contribution in [0.1, 0.15) is 15.9 Å². The maximum Gasteiger partial charge on any atom is 0.257 e. The van der Waals surface area contributed by atoms with Crippen LogP contribution in [-0.2, 0) is 6.54 Å². The number of phenols is 1. The van der Waals surface area contributed by atoms with Crippen molar-refractivity contribution in [3.05, 3.63) is 64.1 Å². The van der Waals surface area contributed by atoms with Gasteiger partial charge in [-0.1, -0.05) is 46.3 Å². The summed E-state index contributed by atoms with van der Waals surface area (Å²) < 4.78 is 0.725. The number of hydrogen-bond acceptors (Lipinski definition) is 2. The van der Waals surface area contributed by atoms with Gasteiger partial charge in [-0.25, -0.2) is 0 Å². The lowest BCUT2D eigenvalue weighted by molar-refractivity contribution is 0.0750. The molecule has 1 N–H and O–H groups in total. The van der Waals surface area contributed by atoms with Gasteiger partial charge in [0, 0.05) is 23.4 Å². The first-order chi connectivity index (χ1) is 10.1. The molecule has 0 radical (unpaired) electrons. The zero-order chi connectivity index (χ0) is 15.2. The molecular formula is C16H15BrClNO2. The van der Waals surface area contributed by atoms with Gasteiger partial charge in [0.15, 0.2) is 0 Å². The molecule has 5 heteroatoms. The van der Waals surface area contributed by atoms with E-state index < -0.39 is 0 Å². The molecule has 0 aromatic heterocycles. The molecular weight excluding hydrogens is 354 g/mol. The minimum absolute atomic E-state index is 0.0398. The van der Waals surface area contributed by atoms with Crippen molar-refractivity contribution in [1.82, 2.24) is 4.90 Å². The fourth-order valence-electron chi connectivity index (χ4n) is 2.01. The van der Waals surface area contributed by atoms with Crippen LogP contribution >= 0.6 is 27.5 Å². The van der Waals surface area contributed by atoms with Crippen molar-refractivity contribution in [2.24, 2.45) is 0 Å². The molecule has 3 nitrogen and oxygen atoms in total. The SMILES string of the molecule is O=C(c1ccc(Br)cc1O)N(CCCl)Cc1ccccc1. The average molecular weight is 369 g/mol. The number of carbonyl (C=O) groups excluding carboxylic acids is 1. The summed E-state index contributed by atoms with van der Waals surface area (Å²) in [5.41, 5.74) is 1.30. The third-order valence-electron chi connectivity index (χ3n) is 3.05. The van der Waals surface area contributed by atoms with Crippen LogP contribution in [0.3, 0.4) is 0 Å². The molecule has 1 amide bonds. The molecule has 21 heavy (non-hydrogen) atoms. The minimum atomic E-state index is -0.232. The molecule has 0 heterocycles. The van der Waals surface area contributed by atoms with Gasteiger partial charge in [-0.15, -0.1) is 11.6 Å². The maximum absolute atomic E-state index is 12.6. The van der Waals surface area contributed by atoms with Crippen LogP contribution in [0.15, 0.2) is 53.0 Å². The lowest BCUT2D eigenvalue weighted by Gasteiger charge is -2.22. The zero-order valence-electron chi connectivity index (χ0n) is 11.3. The van der Waals surface area contributed by atoms with Gasteiger partial charge >= 0.3 is 0 Å². The van der Waals surface area contributed by atoms with Gasteiger partial charge in [0.1, 0.15) is 5.75 Å². The zero-order valence-corrected chi connectivity index (χ0v) is 13.6. The summed E-state index contributed by atoms with van der Waals surface area (Å²) in [6, 6.07) is 14.5. The summed E-state index contributed by atoms with van der Waals surface area (Å²) >= 11 is 9.06. The number of benzene rings is 2. The molecule has 0 spiro atoms. The van der Waals surface area contributed by atoms with Crippen molar-refractivity contribution >= 4 is 33.4 Å². The fourth-order valence-corrected chi connectivity index (χ4v) is 2.57. The number of nitrogens with zero attached hydrogens (tertiary/aromatic N) is 1. The van der Waals surface area contributed by atoms with Gasteiger partial charge in [-0.2, -0.15) is 0 Å². The van der Waals surface area contributed by atoms with Crippen molar-refractivity contribution < 1.29 is 9.90 Å². The Balaban J connectivity index is 2.23. The Labute approximate surface area is 137 Å². The predicted molar refractivity (Wildman–Crippen MR) is 87.7 cm³/mol. The fraction of sp³-hybridized carbons (Fsp3) is 0.188. The Bertz CT molecular complexity index is 619. The molecule has 0 aliphatic rings. The van der Waals surface area contributed by atoms with E-state index in [1.54, 1.807) is 17.0 Å². The van der Waals surface area contributed by atoms with Gasteiger partial charge in [-0.05, 0) is 23.8 Å². The smallest absolute Gasteiger partial charge is 0.257 e. The Morgan fingerprint density at radius 1 is 1.19 bits per heavy atom. The Morgan fingerprint density at radius 3 is 2.52 bits per heavy atom. The quantitative estimate of drug-likeness (QED) is 0.809. The highest BCUT2D eigenvalue weighted by atomic mass is 79.9. The number of carbonyl (C=O) groups is 1. The first-order valence-electron chi connectivity index (χ1n) is 6.49. The van der Waals surface area contributed by atoms with E-state index in [0.717, 1.165) is 10.0 Å². The first kappa shape index (κ1) is 15.9. The van der Waals surface area contributed by atoms with Gasteiger partial charge in [0.25, 0.3) is 5.91 Å². The Kier molecular flexibility index (Phi) is 5.65. The standard InChI is InChI=1S/C16H15BrClNO2/c17-13-6-7-14(15(20)10-13)16(21)19(9-8-18)11-12-4-2-1-3-5-12/h1-7,10,20H,8-9,11H2. The van der Waals surface area contributed by atoms with Crippen LogP contribution in [-0.4, -0.2) is 28.3 Å². The van der Waals surface area contributed by atoms with E-state index in [2.05, 4.69) is 15.9 Å². The largest absolute Gasteiger partial charge is 0.507 e. The van der Waals surface area contributed by atoms with Gasteiger partial charge in [-0.3, -0.25) is 4.79 Å². The molecule has 0 atom stereocenters. The average Bonchev–Trinajstić information content (AvgIpc) is 2.47. The molecule has 0 saturated heterocycles. The highest BCUT2D eigenvalue weighted by Crippen LogP contribution is 2.24. The van der Waals surface area contributed by atoms with Crippen LogP contribution in [0, 0.1) is 0 Å². The molecule has 0 aliphatic heterocycles. The number of amides is 1. The molecule has 2 aromatic carbocycles. The number of halogens is 2. The highest BCUT2D eigenvalue weighted by molar-refractivity contribution is 9.10. The molecule has 0 aliphatic carbocycles. The van der Waals surface area contributed by atoms with E-state index in [0.29, 0.717) is 19.0 Å². The first-order valence-corrected chi connectivity index (χ1v) is 7.82. The predicted octanol–water partition coefficient (Wildman–Crippen LogP) is 4.04.